The first-order chi connectivity index (χ1) is 8.20. The van der Waals surface area contributed by atoms with Gasteiger partial charge in [0.05, 0.1) is 23.7 Å². The van der Waals surface area contributed by atoms with Gasteiger partial charge in [0, 0.05) is 24.1 Å². The maximum atomic E-state index is 9.69. The van der Waals surface area contributed by atoms with Crippen LogP contribution in [-0.2, 0) is 0 Å². The second kappa shape index (κ2) is 5.74. The Balaban J connectivity index is 2.06. The van der Waals surface area contributed by atoms with Gasteiger partial charge >= 0.3 is 0 Å². The summed E-state index contributed by atoms with van der Waals surface area (Å²) in [5, 5.41) is 10.4. The minimum atomic E-state index is -0.431. The van der Waals surface area contributed by atoms with Crippen molar-refractivity contribution >= 4 is 17.4 Å². The van der Waals surface area contributed by atoms with Gasteiger partial charge in [-0.1, -0.05) is 13.8 Å². The quantitative estimate of drug-likeness (QED) is 0.896. The monoisotopic (exact) mass is 252 g/mol. The third-order valence-electron chi connectivity index (χ3n) is 3.11. The predicted molar refractivity (Wildman–Crippen MR) is 73.6 cm³/mol. The van der Waals surface area contributed by atoms with E-state index in [0.717, 1.165) is 18.8 Å². The topological polar surface area (TPSA) is 36.4 Å². The molecular formula is C13H20N2OS. The lowest BCUT2D eigenvalue weighted by molar-refractivity contribution is 0.169. The maximum absolute atomic E-state index is 9.69. The summed E-state index contributed by atoms with van der Waals surface area (Å²) >= 11 is 2.03. The van der Waals surface area contributed by atoms with Crippen molar-refractivity contribution < 1.29 is 5.11 Å². The van der Waals surface area contributed by atoms with E-state index in [4.69, 9.17) is 0 Å². The lowest BCUT2D eigenvalue weighted by Crippen LogP contribution is -2.36. The molecule has 2 rings (SSSR count). The van der Waals surface area contributed by atoms with E-state index in [1.54, 1.807) is 0 Å². The van der Waals surface area contributed by atoms with Crippen molar-refractivity contribution in [3.63, 3.8) is 0 Å². The largest absolute Gasteiger partial charge is 0.387 e. The van der Waals surface area contributed by atoms with Crippen LogP contribution < -0.4 is 4.90 Å². The van der Waals surface area contributed by atoms with E-state index in [1.165, 1.54) is 11.4 Å². The fourth-order valence-corrected chi connectivity index (χ4v) is 3.06. The van der Waals surface area contributed by atoms with Gasteiger partial charge in [0.25, 0.3) is 0 Å². The van der Waals surface area contributed by atoms with Gasteiger partial charge in [-0.3, -0.25) is 4.98 Å². The second-order valence-corrected chi connectivity index (χ2v) is 6.04. The molecule has 0 aromatic carbocycles. The van der Waals surface area contributed by atoms with Gasteiger partial charge in [-0.15, -0.1) is 0 Å². The number of thioether (sulfide) groups is 1. The number of aliphatic hydroxyl groups excluding tert-OH is 1. The van der Waals surface area contributed by atoms with Crippen LogP contribution in [0.25, 0.3) is 0 Å². The number of nitrogens with zero attached hydrogens (tertiary/aromatic N) is 2. The number of hydrogen-bond donors (Lipinski definition) is 1. The number of rotatable bonds is 3. The van der Waals surface area contributed by atoms with E-state index < -0.39 is 6.10 Å². The van der Waals surface area contributed by atoms with Gasteiger partial charge in [0.1, 0.15) is 0 Å². The van der Waals surface area contributed by atoms with Crippen LogP contribution in [0.15, 0.2) is 18.3 Å². The summed E-state index contributed by atoms with van der Waals surface area (Å²) in [6.45, 7) is 6.40. The third kappa shape index (κ3) is 3.13. The van der Waals surface area contributed by atoms with Crippen LogP contribution in [0.1, 0.15) is 32.1 Å². The van der Waals surface area contributed by atoms with Crippen LogP contribution in [0.2, 0.25) is 0 Å². The fourth-order valence-electron chi connectivity index (χ4n) is 2.04. The lowest BCUT2D eigenvalue weighted by Gasteiger charge is -2.32. The molecule has 1 aliphatic rings. The zero-order valence-corrected chi connectivity index (χ0v) is 11.3. The molecule has 1 N–H and O–H groups in total. The van der Waals surface area contributed by atoms with Crippen molar-refractivity contribution in [3.05, 3.63) is 24.0 Å². The van der Waals surface area contributed by atoms with Gasteiger partial charge in [-0.2, -0.15) is 11.8 Å². The molecule has 3 nitrogen and oxygen atoms in total. The van der Waals surface area contributed by atoms with Gasteiger partial charge in [-0.25, -0.2) is 0 Å². The molecule has 1 aromatic rings. The normalized spacial score (nSPS) is 22.5. The number of aromatic nitrogens is 1. The molecule has 0 radical (unpaired) electrons. The number of hydrogen-bond acceptors (Lipinski definition) is 4. The SMILES string of the molecule is CC[C@@H](O)c1ccc(N2CCSC(C)C2)cn1. The van der Waals surface area contributed by atoms with Crippen LogP contribution in [0.5, 0.6) is 0 Å². The van der Waals surface area contributed by atoms with E-state index >= 15 is 0 Å². The number of anilines is 1. The Kier molecular flexibility index (Phi) is 4.29. The van der Waals surface area contributed by atoms with Crippen molar-refractivity contribution in [2.45, 2.75) is 31.6 Å². The maximum Gasteiger partial charge on any atom is 0.0957 e. The Morgan fingerprint density at radius 1 is 1.59 bits per heavy atom. The van der Waals surface area contributed by atoms with Gasteiger partial charge < -0.3 is 10.0 Å². The van der Waals surface area contributed by atoms with E-state index in [9.17, 15) is 5.11 Å². The summed E-state index contributed by atoms with van der Waals surface area (Å²) in [6, 6.07) is 4.01. The second-order valence-electron chi connectivity index (χ2n) is 4.49. The molecule has 94 valence electrons. The zero-order chi connectivity index (χ0) is 12.3. The van der Waals surface area contributed by atoms with Gasteiger partial charge in [0.15, 0.2) is 0 Å². The van der Waals surface area contributed by atoms with Crippen LogP contribution in [0, 0.1) is 0 Å². The van der Waals surface area contributed by atoms with E-state index in [1.807, 2.05) is 30.9 Å². The summed E-state index contributed by atoms with van der Waals surface area (Å²) in [5.41, 5.74) is 1.94. The smallest absolute Gasteiger partial charge is 0.0957 e. The van der Waals surface area contributed by atoms with E-state index in [-0.39, 0.29) is 0 Å². The molecule has 1 saturated heterocycles. The molecule has 1 unspecified atom stereocenters. The molecule has 4 heteroatoms. The molecule has 0 spiro atoms. The average Bonchev–Trinajstić information content (AvgIpc) is 2.38. The highest BCUT2D eigenvalue weighted by atomic mass is 32.2. The van der Waals surface area contributed by atoms with Crippen molar-refractivity contribution in [3.8, 4) is 0 Å². The summed E-state index contributed by atoms with van der Waals surface area (Å²) in [6.07, 6.45) is 2.17. The van der Waals surface area contributed by atoms with Crippen LogP contribution in [0.3, 0.4) is 0 Å². The van der Waals surface area contributed by atoms with Crippen molar-refractivity contribution in [1.82, 2.24) is 4.98 Å². The zero-order valence-electron chi connectivity index (χ0n) is 10.5. The van der Waals surface area contributed by atoms with E-state index in [0.29, 0.717) is 11.7 Å². The van der Waals surface area contributed by atoms with Crippen molar-refractivity contribution in [2.75, 3.05) is 23.7 Å². The van der Waals surface area contributed by atoms with Gasteiger partial charge in [0.2, 0.25) is 0 Å². The van der Waals surface area contributed by atoms with Crippen LogP contribution in [-0.4, -0.2) is 34.2 Å². The standard InChI is InChI=1S/C13H20N2OS/c1-3-13(16)12-5-4-11(8-14-12)15-6-7-17-10(2)9-15/h4-5,8,10,13,16H,3,6-7,9H2,1-2H3/t10?,13-/m1/s1. The molecule has 17 heavy (non-hydrogen) atoms. The lowest BCUT2D eigenvalue weighted by atomic mass is 10.2. The molecule has 2 heterocycles. The minimum Gasteiger partial charge on any atom is -0.387 e. The highest BCUT2D eigenvalue weighted by Gasteiger charge is 2.17. The summed E-state index contributed by atoms with van der Waals surface area (Å²) < 4.78 is 0. The Labute approximate surface area is 107 Å². The molecule has 0 saturated carbocycles. The molecule has 2 atom stereocenters. The molecule has 0 aliphatic carbocycles. The number of aliphatic hydroxyl groups is 1. The molecule has 1 fully saturated rings. The van der Waals surface area contributed by atoms with Crippen molar-refractivity contribution in [2.24, 2.45) is 0 Å². The van der Waals surface area contributed by atoms with Crippen LogP contribution >= 0.6 is 11.8 Å². The molecule has 1 aromatic heterocycles. The fraction of sp³-hybridized carbons (Fsp3) is 0.615. The van der Waals surface area contributed by atoms with E-state index in [2.05, 4.69) is 22.9 Å². The first-order valence-electron chi connectivity index (χ1n) is 6.21. The summed E-state index contributed by atoms with van der Waals surface area (Å²) in [4.78, 5) is 6.72. The molecule has 1 aliphatic heterocycles. The van der Waals surface area contributed by atoms with Gasteiger partial charge in [-0.05, 0) is 18.6 Å². The van der Waals surface area contributed by atoms with Crippen molar-refractivity contribution in [1.29, 1.82) is 0 Å². The average molecular weight is 252 g/mol. The highest BCUT2D eigenvalue weighted by molar-refractivity contribution is 8.00. The molecule has 0 bridgehead atoms. The first kappa shape index (κ1) is 12.7. The Morgan fingerprint density at radius 2 is 2.41 bits per heavy atom. The summed E-state index contributed by atoms with van der Waals surface area (Å²) in [5.74, 6) is 1.18. The summed E-state index contributed by atoms with van der Waals surface area (Å²) in [7, 11) is 0. The Hall–Kier alpha value is -0.740. The molecule has 0 amide bonds. The Morgan fingerprint density at radius 3 is 3.00 bits per heavy atom. The minimum absolute atomic E-state index is 0.431. The van der Waals surface area contributed by atoms with Crippen LogP contribution in [0.4, 0.5) is 5.69 Å². The highest BCUT2D eigenvalue weighted by Crippen LogP contribution is 2.24. The predicted octanol–water partition coefficient (Wildman–Crippen LogP) is 2.47. The molecular weight excluding hydrogens is 232 g/mol. The third-order valence-corrected chi connectivity index (χ3v) is 4.24. The first-order valence-corrected chi connectivity index (χ1v) is 7.26. The Bertz CT molecular complexity index is 355. The number of pyridine rings is 1.